The maximum Gasteiger partial charge on any atom is 0.267 e. The Kier molecular flexibility index (Phi) is 6.74. The van der Waals surface area contributed by atoms with Gasteiger partial charge in [-0.1, -0.05) is 60.7 Å². The molecular formula is C24H27N5O2. The number of piperazine rings is 1. The molecule has 0 aliphatic carbocycles. The summed E-state index contributed by atoms with van der Waals surface area (Å²) < 4.78 is 1.24. The van der Waals surface area contributed by atoms with Gasteiger partial charge in [0.1, 0.15) is 12.4 Å². The molecule has 4 rings (SSSR count). The number of carbonyl (C=O) groups excluding carboxylic acids is 1. The molecule has 7 nitrogen and oxygen atoms in total. The molecule has 0 spiro atoms. The van der Waals surface area contributed by atoms with Gasteiger partial charge in [0.2, 0.25) is 5.91 Å². The van der Waals surface area contributed by atoms with Crippen molar-refractivity contribution >= 4 is 11.7 Å². The molecule has 1 aliphatic heterocycles. The first-order valence-corrected chi connectivity index (χ1v) is 10.6. The van der Waals surface area contributed by atoms with Crippen LogP contribution in [0, 0.1) is 0 Å². The number of rotatable bonds is 7. The van der Waals surface area contributed by atoms with Crippen LogP contribution in [-0.4, -0.2) is 46.8 Å². The molecule has 0 unspecified atom stereocenters. The van der Waals surface area contributed by atoms with Crippen molar-refractivity contribution < 1.29 is 4.79 Å². The summed E-state index contributed by atoms with van der Waals surface area (Å²) in [4.78, 5) is 29.1. The predicted octanol–water partition coefficient (Wildman–Crippen LogP) is 1.88. The van der Waals surface area contributed by atoms with Gasteiger partial charge in [0.05, 0.1) is 0 Å². The third kappa shape index (κ3) is 5.79. The van der Waals surface area contributed by atoms with E-state index in [1.807, 2.05) is 36.4 Å². The molecule has 0 bridgehead atoms. The van der Waals surface area contributed by atoms with E-state index in [0.29, 0.717) is 6.54 Å². The topological polar surface area (TPSA) is 70.5 Å². The van der Waals surface area contributed by atoms with E-state index >= 15 is 0 Å². The van der Waals surface area contributed by atoms with Crippen LogP contribution in [0.3, 0.4) is 0 Å². The Hall–Kier alpha value is -3.45. The average molecular weight is 418 g/mol. The second kappa shape index (κ2) is 10.0. The first-order chi connectivity index (χ1) is 15.2. The van der Waals surface area contributed by atoms with Gasteiger partial charge < -0.3 is 10.2 Å². The highest BCUT2D eigenvalue weighted by atomic mass is 16.2. The zero-order chi connectivity index (χ0) is 21.5. The Morgan fingerprint density at radius 1 is 0.839 bits per heavy atom. The van der Waals surface area contributed by atoms with E-state index in [2.05, 4.69) is 44.5 Å². The minimum absolute atomic E-state index is 0.0898. The van der Waals surface area contributed by atoms with Gasteiger partial charge in [-0.2, -0.15) is 5.10 Å². The first kappa shape index (κ1) is 20.8. The van der Waals surface area contributed by atoms with Crippen LogP contribution >= 0.6 is 0 Å². The molecule has 2 aromatic carbocycles. The van der Waals surface area contributed by atoms with Crippen LogP contribution in [0.25, 0.3) is 0 Å². The molecule has 160 valence electrons. The van der Waals surface area contributed by atoms with E-state index in [9.17, 15) is 9.59 Å². The van der Waals surface area contributed by atoms with E-state index in [-0.39, 0.29) is 18.0 Å². The van der Waals surface area contributed by atoms with Crippen LogP contribution in [-0.2, 0) is 24.4 Å². The highest BCUT2D eigenvalue weighted by Crippen LogP contribution is 2.14. The van der Waals surface area contributed by atoms with Gasteiger partial charge in [-0.05, 0) is 17.2 Å². The van der Waals surface area contributed by atoms with Gasteiger partial charge >= 0.3 is 0 Å². The lowest BCUT2D eigenvalue weighted by atomic mass is 10.2. The number of nitrogens with zero attached hydrogens (tertiary/aromatic N) is 4. The van der Waals surface area contributed by atoms with Gasteiger partial charge in [0.15, 0.2) is 0 Å². The Morgan fingerprint density at radius 2 is 1.48 bits per heavy atom. The lowest BCUT2D eigenvalue weighted by molar-refractivity contribution is -0.122. The van der Waals surface area contributed by atoms with E-state index in [4.69, 9.17) is 0 Å². The quantitative estimate of drug-likeness (QED) is 0.636. The summed E-state index contributed by atoms with van der Waals surface area (Å²) in [6.07, 6.45) is 0. The van der Waals surface area contributed by atoms with Crippen LogP contribution in [0.2, 0.25) is 0 Å². The van der Waals surface area contributed by atoms with Crippen molar-refractivity contribution in [2.75, 3.05) is 31.1 Å². The summed E-state index contributed by atoms with van der Waals surface area (Å²) in [6.45, 7) is 4.78. The highest BCUT2D eigenvalue weighted by Gasteiger charge is 2.19. The van der Waals surface area contributed by atoms with Gasteiger partial charge in [-0.3, -0.25) is 14.5 Å². The van der Waals surface area contributed by atoms with E-state index in [1.165, 1.54) is 16.3 Å². The Labute approximate surface area is 181 Å². The summed E-state index contributed by atoms with van der Waals surface area (Å²) in [6, 6.07) is 23.4. The summed E-state index contributed by atoms with van der Waals surface area (Å²) in [7, 11) is 0. The standard InChI is InChI=1S/C24H27N5O2/c30-23(25-17-20-7-3-1-4-8-20)19-29-24(31)12-11-22(26-29)28-15-13-27(14-16-28)18-21-9-5-2-6-10-21/h1-12H,13-19H2,(H,25,30). The fourth-order valence-electron chi connectivity index (χ4n) is 3.69. The molecule has 1 aliphatic rings. The van der Waals surface area contributed by atoms with E-state index < -0.39 is 0 Å². The number of aromatic nitrogens is 2. The molecule has 0 atom stereocenters. The minimum Gasteiger partial charge on any atom is -0.353 e. The monoisotopic (exact) mass is 417 g/mol. The van der Waals surface area contributed by atoms with Gasteiger partial charge in [0.25, 0.3) is 5.56 Å². The number of anilines is 1. The minimum atomic E-state index is -0.277. The third-order valence-corrected chi connectivity index (χ3v) is 5.42. The molecule has 1 aromatic heterocycles. The smallest absolute Gasteiger partial charge is 0.267 e. The predicted molar refractivity (Wildman–Crippen MR) is 121 cm³/mol. The van der Waals surface area contributed by atoms with Crippen LogP contribution < -0.4 is 15.8 Å². The van der Waals surface area contributed by atoms with Crippen LogP contribution in [0.1, 0.15) is 11.1 Å². The van der Waals surface area contributed by atoms with Gasteiger partial charge in [0, 0.05) is 45.3 Å². The number of benzene rings is 2. The summed E-state index contributed by atoms with van der Waals surface area (Å²) in [5.41, 5.74) is 2.05. The van der Waals surface area contributed by atoms with Crippen LogP contribution in [0.5, 0.6) is 0 Å². The zero-order valence-corrected chi connectivity index (χ0v) is 17.5. The lowest BCUT2D eigenvalue weighted by Crippen LogP contribution is -2.46. The molecule has 1 amide bonds. The summed E-state index contributed by atoms with van der Waals surface area (Å²) in [5, 5.41) is 7.29. The van der Waals surface area contributed by atoms with Crippen molar-refractivity contribution in [3.05, 3.63) is 94.3 Å². The van der Waals surface area contributed by atoms with Gasteiger partial charge in [-0.15, -0.1) is 0 Å². The zero-order valence-electron chi connectivity index (χ0n) is 17.5. The van der Waals surface area contributed by atoms with E-state index in [1.54, 1.807) is 6.07 Å². The SMILES string of the molecule is O=C(Cn1nc(N2CCN(Cc3ccccc3)CC2)ccc1=O)NCc1ccccc1. The van der Waals surface area contributed by atoms with Crippen molar-refractivity contribution in [2.24, 2.45) is 0 Å². The number of carbonyl (C=O) groups is 1. The van der Waals surface area contributed by atoms with Crippen LogP contribution in [0.4, 0.5) is 5.82 Å². The molecule has 0 radical (unpaired) electrons. The van der Waals surface area contributed by atoms with E-state index in [0.717, 1.165) is 44.1 Å². The van der Waals surface area contributed by atoms with Crippen molar-refractivity contribution in [2.45, 2.75) is 19.6 Å². The highest BCUT2D eigenvalue weighted by molar-refractivity contribution is 5.75. The second-order valence-corrected chi connectivity index (χ2v) is 7.70. The Morgan fingerprint density at radius 3 is 2.16 bits per heavy atom. The van der Waals surface area contributed by atoms with Gasteiger partial charge in [-0.25, -0.2) is 4.68 Å². The molecule has 1 N–H and O–H groups in total. The van der Waals surface area contributed by atoms with Crippen molar-refractivity contribution in [3.63, 3.8) is 0 Å². The first-order valence-electron chi connectivity index (χ1n) is 10.6. The number of amides is 1. The Balaban J connectivity index is 1.32. The number of hydrogen-bond acceptors (Lipinski definition) is 5. The molecule has 1 fully saturated rings. The molecule has 31 heavy (non-hydrogen) atoms. The largest absolute Gasteiger partial charge is 0.353 e. The molecule has 1 saturated heterocycles. The van der Waals surface area contributed by atoms with Crippen molar-refractivity contribution in [3.8, 4) is 0 Å². The normalized spacial score (nSPS) is 14.4. The maximum absolute atomic E-state index is 12.3. The number of hydrogen-bond donors (Lipinski definition) is 1. The van der Waals surface area contributed by atoms with Crippen molar-refractivity contribution in [1.82, 2.24) is 20.0 Å². The maximum atomic E-state index is 12.3. The lowest BCUT2D eigenvalue weighted by Gasteiger charge is -2.35. The molecule has 7 heteroatoms. The van der Waals surface area contributed by atoms with Crippen molar-refractivity contribution in [1.29, 1.82) is 0 Å². The third-order valence-electron chi connectivity index (χ3n) is 5.42. The summed E-state index contributed by atoms with van der Waals surface area (Å²) in [5.74, 6) is 0.498. The average Bonchev–Trinajstić information content (AvgIpc) is 2.81. The Bertz CT molecular complexity index is 1040. The molecule has 3 aromatic rings. The second-order valence-electron chi connectivity index (χ2n) is 7.70. The van der Waals surface area contributed by atoms with Crippen LogP contribution in [0.15, 0.2) is 77.6 Å². The fraction of sp³-hybridized carbons (Fsp3) is 0.292. The summed E-state index contributed by atoms with van der Waals surface area (Å²) >= 11 is 0. The fourth-order valence-corrected chi connectivity index (χ4v) is 3.69. The molecular weight excluding hydrogens is 390 g/mol. The molecule has 2 heterocycles. The molecule has 0 saturated carbocycles. The number of nitrogens with one attached hydrogen (secondary N) is 1.